The SMILES string of the molecule is COC(O)N1c2ccc3c(nc(CCc4nc(C)co4)n3C3CCC(C(=O)O)CC3)c2CC[C@@H]1C. The summed E-state index contributed by atoms with van der Waals surface area (Å²) in [6.45, 7) is 4.01. The number of hydrogen-bond acceptors (Lipinski definition) is 7. The maximum Gasteiger partial charge on any atom is 0.306 e. The maximum absolute atomic E-state index is 11.5. The topological polar surface area (TPSA) is 114 Å². The predicted octanol–water partition coefficient (Wildman–Crippen LogP) is 4.00. The van der Waals surface area contributed by atoms with E-state index in [1.54, 1.807) is 6.26 Å². The van der Waals surface area contributed by atoms with Gasteiger partial charge in [-0.3, -0.25) is 4.79 Å². The monoisotopic (exact) mass is 482 g/mol. The zero-order valence-electron chi connectivity index (χ0n) is 20.6. The molecule has 0 radical (unpaired) electrons. The standard InChI is InChI=1S/C26H34N4O5/c1-15-14-35-23(27-15)13-12-22-28-24-19-9-4-16(2)29(26(33)34-3)20(19)10-11-21(24)30(22)18-7-5-17(6-8-18)25(31)32/h10-11,14,16-18,26,33H,4-9,12-13H2,1-3H3,(H,31,32)/t16-,17?,18?,26?/m0/s1. The van der Waals surface area contributed by atoms with Gasteiger partial charge in [0.25, 0.3) is 0 Å². The highest BCUT2D eigenvalue weighted by molar-refractivity contribution is 5.86. The molecule has 2 aromatic heterocycles. The number of carboxylic acids is 1. The lowest BCUT2D eigenvalue weighted by atomic mass is 9.85. The van der Waals surface area contributed by atoms with Gasteiger partial charge in [0.2, 0.25) is 6.41 Å². The zero-order valence-corrected chi connectivity index (χ0v) is 20.6. The lowest BCUT2D eigenvalue weighted by Crippen LogP contribution is -2.45. The number of aromatic nitrogens is 3. The number of ether oxygens (including phenoxy) is 1. The van der Waals surface area contributed by atoms with E-state index in [1.165, 1.54) is 7.11 Å². The van der Waals surface area contributed by atoms with E-state index in [1.807, 2.05) is 11.8 Å². The van der Waals surface area contributed by atoms with Crippen LogP contribution in [0.4, 0.5) is 5.69 Å². The molecule has 1 aromatic carbocycles. The summed E-state index contributed by atoms with van der Waals surface area (Å²) in [5.41, 5.74) is 4.98. The van der Waals surface area contributed by atoms with Gasteiger partial charge in [0.05, 0.1) is 22.6 Å². The van der Waals surface area contributed by atoms with Gasteiger partial charge in [-0.1, -0.05) is 0 Å². The van der Waals surface area contributed by atoms with Crippen molar-refractivity contribution < 1.29 is 24.2 Å². The fourth-order valence-electron chi connectivity index (χ4n) is 5.82. The summed E-state index contributed by atoms with van der Waals surface area (Å²) in [5.74, 6) is 0.706. The van der Waals surface area contributed by atoms with Crippen LogP contribution >= 0.6 is 0 Å². The number of rotatable bonds is 7. The third kappa shape index (κ3) is 4.43. The number of aliphatic carboxylic acids is 1. The highest BCUT2D eigenvalue weighted by Crippen LogP contribution is 2.40. The van der Waals surface area contributed by atoms with Crippen LogP contribution in [-0.2, 0) is 28.8 Å². The Hall–Kier alpha value is -2.91. The number of carboxylic acid groups (broad SMARTS) is 1. The van der Waals surface area contributed by atoms with Crippen LogP contribution in [0.5, 0.6) is 0 Å². The summed E-state index contributed by atoms with van der Waals surface area (Å²) in [6, 6.07) is 4.52. The second-order valence-corrected chi connectivity index (χ2v) is 9.91. The molecule has 2 aliphatic rings. The zero-order chi connectivity index (χ0) is 24.7. The number of imidazole rings is 1. The van der Waals surface area contributed by atoms with Crippen molar-refractivity contribution in [2.24, 2.45) is 5.92 Å². The Bertz CT molecular complexity index is 1210. The predicted molar refractivity (Wildman–Crippen MR) is 130 cm³/mol. The van der Waals surface area contributed by atoms with Crippen molar-refractivity contribution in [2.45, 2.75) is 83.7 Å². The molecule has 2 N–H and O–H groups in total. The molecule has 9 heteroatoms. The molecule has 5 rings (SSSR count). The van der Waals surface area contributed by atoms with Crippen LogP contribution < -0.4 is 4.90 Å². The summed E-state index contributed by atoms with van der Waals surface area (Å²) in [4.78, 5) is 23.0. The average molecular weight is 483 g/mol. The quantitative estimate of drug-likeness (QED) is 0.486. The lowest BCUT2D eigenvalue weighted by molar-refractivity contribution is -0.143. The number of aliphatic hydroxyl groups is 1. The first-order valence-electron chi connectivity index (χ1n) is 12.5. The van der Waals surface area contributed by atoms with Crippen LogP contribution in [0.2, 0.25) is 0 Å². The van der Waals surface area contributed by atoms with Gasteiger partial charge < -0.3 is 28.8 Å². The first-order valence-corrected chi connectivity index (χ1v) is 12.5. The fraction of sp³-hybridized carbons (Fsp3) is 0.577. The summed E-state index contributed by atoms with van der Waals surface area (Å²) in [5, 5.41) is 20.0. The lowest BCUT2D eigenvalue weighted by Gasteiger charge is -2.39. The minimum atomic E-state index is -1.01. The number of anilines is 1. The average Bonchev–Trinajstić information content (AvgIpc) is 3.45. The minimum Gasteiger partial charge on any atom is -0.481 e. The fourth-order valence-corrected chi connectivity index (χ4v) is 5.82. The van der Waals surface area contributed by atoms with E-state index in [4.69, 9.17) is 14.1 Å². The molecular formula is C26H34N4O5. The minimum absolute atomic E-state index is 0.149. The molecule has 1 aliphatic carbocycles. The number of aryl methyl sites for hydroxylation is 4. The van der Waals surface area contributed by atoms with E-state index in [-0.39, 0.29) is 18.0 Å². The van der Waals surface area contributed by atoms with Crippen LogP contribution in [0.15, 0.2) is 22.8 Å². The molecule has 9 nitrogen and oxygen atoms in total. The van der Waals surface area contributed by atoms with Gasteiger partial charge in [-0.2, -0.15) is 0 Å². The van der Waals surface area contributed by atoms with Crippen LogP contribution in [0, 0.1) is 12.8 Å². The van der Waals surface area contributed by atoms with Crippen LogP contribution in [0.25, 0.3) is 11.0 Å². The van der Waals surface area contributed by atoms with Crippen molar-refractivity contribution in [1.29, 1.82) is 0 Å². The molecule has 0 bridgehead atoms. The highest BCUT2D eigenvalue weighted by atomic mass is 16.6. The molecule has 0 saturated heterocycles. The Balaban J connectivity index is 1.55. The third-order valence-corrected chi connectivity index (χ3v) is 7.67. The van der Waals surface area contributed by atoms with Gasteiger partial charge in [0.15, 0.2) is 5.89 Å². The molecule has 1 fully saturated rings. The first-order chi connectivity index (χ1) is 16.9. The van der Waals surface area contributed by atoms with E-state index in [2.05, 4.69) is 28.6 Å². The van der Waals surface area contributed by atoms with E-state index in [0.29, 0.717) is 31.6 Å². The molecule has 3 heterocycles. The Morgan fingerprint density at radius 2 is 1.97 bits per heavy atom. The van der Waals surface area contributed by atoms with Crippen molar-refractivity contribution in [3.63, 3.8) is 0 Å². The van der Waals surface area contributed by atoms with E-state index < -0.39 is 12.4 Å². The normalized spacial score (nSPS) is 23.4. The van der Waals surface area contributed by atoms with Crippen molar-refractivity contribution in [3.05, 3.63) is 41.4 Å². The first kappa shape index (κ1) is 23.8. The summed E-state index contributed by atoms with van der Waals surface area (Å²) in [6.07, 6.45) is 6.74. The third-order valence-electron chi connectivity index (χ3n) is 7.67. The van der Waals surface area contributed by atoms with E-state index in [9.17, 15) is 15.0 Å². The number of benzene rings is 1. The van der Waals surface area contributed by atoms with E-state index in [0.717, 1.165) is 59.5 Å². The van der Waals surface area contributed by atoms with Crippen LogP contribution in [0.1, 0.15) is 68.0 Å². The number of methoxy groups -OCH3 is 1. The summed E-state index contributed by atoms with van der Waals surface area (Å²) in [7, 11) is 1.51. The van der Waals surface area contributed by atoms with Crippen LogP contribution in [-0.4, -0.2) is 50.3 Å². The molecular weight excluding hydrogens is 448 g/mol. The molecule has 1 unspecified atom stereocenters. The molecule has 0 spiro atoms. The highest BCUT2D eigenvalue weighted by Gasteiger charge is 2.33. The maximum atomic E-state index is 11.5. The summed E-state index contributed by atoms with van der Waals surface area (Å²) >= 11 is 0. The molecule has 188 valence electrons. The van der Waals surface area contributed by atoms with E-state index >= 15 is 0 Å². The molecule has 3 aromatic rings. The number of fused-ring (bicyclic) bond motifs is 3. The molecule has 0 amide bonds. The second kappa shape index (κ2) is 9.62. The number of oxazole rings is 1. The van der Waals surface area contributed by atoms with Crippen molar-refractivity contribution in [3.8, 4) is 0 Å². The second-order valence-electron chi connectivity index (χ2n) is 9.91. The van der Waals surface area contributed by atoms with Gasteiger partial charge in [-0.15, -0.1) is 0 Å². The molecule has 1 aliphatic heterocycles. The summed E-state index contributed by atoms with van der Waals surface area (Å²) < 4.78 is 13.2. The van der Waals surface area contributed by atoms with Crippen molar-refractivity contribution in [2.75, 3.05) is 12.0 Å². The Morgan fingerprint density at radius 1 is 1.20 bits per heavy atom. The number of nitrogens with zero attached hydrogens (tertiary/aromatic N) is 4. The van der Waals surface area contributed by atoms with Crippen molar-refractivity contribution >= 4 is 22.7 Å². The smallest absolute Gasteiger partial charge is 0.306 e. The number of hydrogen-bond donors (Lipinski definition) is 2. The Labute approximate surface area is 204 Å². The molecule has 35 heavy (non-hydrogen) atoms. The Kier molecular flexibility index (Phi) is 6.55. The van der Waals surface area contributed by atoms with Gasteiger partial charge in [-0.25, -0.2) is 9.97 Å². The van der Waals surface area contributed by atoms with Gasteiger partial charge in [0.1, 0.15) is 12.1 Å². The van der Waals surface area contributed by atoms with Crippen LogP contribution in [0.3, 0.4) is 0 Å². The van der Waals surface area contributed by atoms with Gasteiger partial charge in [-0.05, 0) is 64.5 Å². The van der Waals surface area contributed by atoms with Gasteiger partial charge in [0, 0.05) is 43.3 Å². The van der Waals surface area contributed by atoms with Gasteiger partial charge >= 0.3 is 5.97 Å². The Morgan fingerprint density at radius 3 is 2.63 bits per heavy atom. The number of aliphatic hydroxyl groups excluding tert-OH is 1. The largest absolute Gasteiger partial charge is 0.481 e. The number of carbonyl (C=O) groups is 1. The molecule has 1 saturated carbocycles. The molecule has 2 atom stereocenters. The van der Waals surface area contributed by atoms with Crippen molar-refractivity contribution in [1.82, 2.24) is 14.5 Å².